The number of ether oxygens (including phenoxy) is 1. The maximum absolute atomic E-state index is 12.8. The maximum atomic E-state index is 12.8. The number of nitrogens with zero attached hydrogens (tertiary/aromatic N) is 2. The monoisotopic (exact) mass is 499 g/mol. The van der Waals surface area contributed by atoms with Crippen molar-refractivity contribution in [3.05, 3.63) is 89.5 Å². The van der Waals surface area contributed by atoms with E-state index in [1.54, 1.807) is 0 Å². The third-order valence-corrected chi connectivity index (χ3v) is 7.12. The Balaban J connectivity index is 1.23. The van der Waals surface area contributed by atoms with Gasteiger partial charge in [-0.05, 0) is 78.4 Å². The molecule has 6 heteroatoms. The highest BCUT2D eigenvalue weighted by atomic mass is 16.5. The molecule has 1 fully saturated rings. The van der Waals surface area contributed by atoms with Crippen LogP contribution in [0, 0.1) is 0 Å². The molecule has 1 heterocycles. The topological polar surface area (TPSA) is 61.9 Å². The second kappa shape index (κ2) is 12.4. The van der Waals surface area contributed by atoms with Gasteiger partial charge in [-0.15, -0.1) is 0 Å². The average Bonchev–Trinajstić information content (AvgIpc) is 2.96. The molecule has 1 atom stereocenters. The van der Waals surface area contributed by atoms with Crippen molar-refractivity contribution in [2.45, 2.75) is 39.5 Å². The van der Waals surface area contributed by atoms with E-state index in [9.17, 15) is 9.59 Å². The number of nitrogens with one attached hydrogen (secondary N) is 1. The van der Waals surface area contributed by atoms with Gasteiger partial charge in [0.15, 0.2) is 6.61 Å². The van der Waals surface area contributed by atoms with Crippen molar-refractivity contribution < 1.29 is 14.3 Å². The lowest BCUT2D eigenvalue weighted by molar-refractivity contribution is -0.118. The molecule has 0 unspecified atom stereocenters. The first kappa shape index (κ1) is 26.3. The van der Waals surface area contributed by atoms with E-state index in [0.29, 0.717) is 24.8 Å². The molecule has 0 radical (unpaired) electrons. The van der Waals surface area contributed by atoms with Gasteiger partial charge in [0.05, 0.1) is 0 Å². The largest absolute Gasteiger partial charge is 0.484 e. The van der Waals surface area contributed by atoms with Gasteiger partial charge in [0.25, 0.3) is 11.8 Å². The van der Waals surface area contributed by atoms with E-state index >= 15 is 0 Å². The summed E-state index contributed by atoms with van der Waals surface area (Å²) in [6.45, 7) is 9.35. The Hall–Kier alpha value is -3.80. The number of rotatable bonds is 9. The molecule has 1 N–H and O–H groups in total. The molecule has 3 aromatic carbocycles. The molecular weight excluding hydrogens is 462 g/mol. The molecule has 0 bridgehead atoms. The number of aryl methyl sites for hydroxylation is 1. The van der Waals surface area contributed by atoms with Crippen LogP contribution in [-0.4, -0.2) is 49.5 Å². The number of amides is 2. The molecule has 37 heavy (non-hydrogen) atoms. The number of hydrogen-bond acceptors (Lipinski definition) is 4. The molecule has 1 saturated heterocycles. The van der Waals surface area contributed by atoms with E-state index in [4.69, 9.17) is 4.74 Å². The first-order chi connectivity index (χ1) is 18.0. The van der Waals surface area contributed by atoms with Crippen LogP contribution < -0.4 is 15.0 Å². The molecule has 0 aliphatic carbocycles. The summed E-state index contributed by atoms with van der Waals surface area (Å²) in [6, 6.07) is 23.7. The molecule has 1 aliphatic heterocycles. The number of carbonyl (C=O) groups excluding carboxylic acids is 2. The maximum Gasteiger partial charge on any atom is 0.262 e. The van der Waals surface area contributed by atoms with Gasteiger partial charge in [-0.1, -0.05) is 45.0 Å². The third-order valence-electron chi connectivity index (χ3n) is 7.12. The Labute approximate surface area is 220 Å². The van der Waals surface area contributed by atoms with Crippen LogP contribution >= 0.6 is 0 Å². The minimum absolute atomic E-state index is 0.0401. The van der Waals surface area contributed by atoms with Crippen molar-refractivity contribution >= 4 is 23.2 Å². The predicted molar refractivity (Wildman–Crippen MR) is 150 cm³/mol. The van der Waals surface area contributed by atoms with E-state index < -0.39 is 0 Å². The van der Waals surface area contributed by atoms with E-state index in [-0.39, 0.29) is 18.4 Å². The first-order valence-electron chi connectivity index (χ1n) is 13.2. The Morgan fingerprint density at radius 2 is 1.51 bits per heavy atom. The Bertz CT molecular complexity index is 1170. The van der Waals surface area contributed by atoms with Crippen molar-refractivity contribution in [2.75, 3.05) is 43.0 Å². The van der Waals surface area contributed by atoms with Crippen LogP contribution in [0.25, 0.3) is 0 Å². The van der Waals surface area contributed by atoms with Gasteiger partial charge < -0.3 is 19.9 Å². The summed E-state index contributed by atoms with van der Waals surface area (Å²) < 4.78 is 5.65. The minimum Gasteiger partial charge on any atom is -0.484 e. The highest BCUT2D eigenvalue weighted by Crippen LogP contribution is 2.22. The lowest BCUT2D eigenvalue weighted by atomic mass is 9.99. The fourth-order valence-corrected chi connectivity index (χ4v) is 4.46. The van der Waals surface area contributed by atoms with Crippen LogP contribution in [0.1, 0.15) is 54.6 Å². The molecule has 0 aromatic heterocycles. The van der Waals surface area contributed by atoms with Crippen LogP contribution in [0.4, 0.5) is 11.4 Å². The number of hydrogen-bond donors (Lipinski definition) is 1. The van der Waals surface area contributed by atoms with Gasteiger partial charge in [-0.25, -0.2) is 0 Å². The fourth-order valence-electron chi connectivity index (χ4n) is 4.46. The zero-order valence-corrected chi connectivity index (χ0v) is 22.1. The van der Waals surface area contributed by atoms with Gasteiger partial charge in [0.1, 0.15) is 5.75 Å². The van der Waals surface area contributed by atoms with Crippen molar-refractivity contribution in [2.24, 2.45) is 0 Å². The standard InChI is InChI=1S/C31H37N3O3/c1-4-23(3)25-10-16-29(17-11-25)37-22-30(35)32-27-12-14-28(15-13-27)33-18-20-34(21-19-33)31(36)26-8-6-24(5-2)7-9-26/h6-17,23H,4-5,18-22H2,1-3H3,(H,32,35)/t23-/m1/s1. The van der Waals surface area contributed by atoms with Crippen molar-refractivity contribution in [3.63, 3.8) is 0 Å². The summed E-state index contributed by atoms with van der Waals surface area (Å²) in [4.78, 5) is 29.4. The fraction of sp³-hybridized carbons (Fsp3) is 0.355. The number of carbonyl (C=O) groups is 2. The molecule has 6 nitrogen and oxygen atoms in total. The predicted octanol–water partition coefficient (Wildman–Crippen LogP) is 5.74. The molecule has 194 valence electrons. The molecule has 2 amide bonds. The van der Waals surface area contributed by atoms with Gasteiger partial charge in [0.2, 0.25) is 0 Å². The summed E-state index contributed by atoms with van der Waals surface area (Å²) in [5.74, 6) is 1.09. The van der Waals surface area contributed by atoms with E-state index in [1.165, 1.54) is 11.1 Å². The summed E-state index contributed by atoms with van der Waals surface area (Å²) in [6.07, 6.45) is 2.06. The van der Waals surface area contributed by atoms with Crippen LogP contribution in [0.5, 0.6) is 5.75 Å². The molecule has 0 spiro atoms. The molecule has 1 aliphatic rings. The summed E-state index contributed by atoms with van der Waals surface area (Å²) in [5, 5.41) is 2.89. The zero-order valence-electron chi connectivity index (χ0n) is 22.1. The van der Waals surface area contributed by atoms with Gasteiger partial charge in [-0.2, -0.15) is 0 Å². The number of piperazine rings is 1. The van der Waals surface area contributed by atoms with Crippen molar-refractivity contribution in [1.82, 2.24) is 4.90 Å². The smallest absolute Gasteiger partial charge is 0.262 e. The van der Waals surface area contributed by atoms with Gasteiger partial charge in [0, 0.05) is 43.1 Å². The highest BCUT2D eigenvalue weighted by molar-refractivity contribution is 5.94. The summed E-state index contributed by atoms with van der Waals surface area (Å²) in [7, 11) is 0. The van der Waals surface area contributed by atoms with Crippen LogP contribution in [0.15, 0.2) is 72.8 Å². The minimum atomic E-state index is -0.196. The summed E-state index contributed by atoms with van der Waals surface area (Å²) in [5.41, 5.74) is 5.07. The lowest BCUT2D eigenvalue weighted by Crippen LogP contribution is -2.48. The first-order valence-corrected chi connectivity index (χ1v) is 13.2. The molecule has 4 rings (SSSR count). The highest BCUT2D eigenvalue weighted by Gasteiger charge is 2.22. The van der Waals surface area contributed by atoms with Crippen LogP contribution in [0.2, 0.25) is 0 Å². The van der Waals surface area contributed by atoms with Crippen molar-refractivity contribution in [3.8, 4) is 5.75 Å². The van der Waals surface area contributed by atoms with E-state index in [1.807, 2.05) is 65.6 Å². The van der Waals surface area contributed by atoms with E-state index in [0.717, 1.165) is 42.9 Å². The molecular formula is C31H37N3O3. The normalized spacial score (nSPS) is 14.2. The van der Waals surface area contributed by atoms with Gasteiger partial charge >= 0.3 is 0 Å². The summed E-state index contributed by atoms with van der Waals surface area (Å²) >= 11 is 0. The van der Waals surface area contributed by atoms with Crippen molar-refractivity contribution in [1.29, 1.82) is 0 Å². The SMILES string of the molecule is CCc1ccc(C(=O)N2CCN(c3ccc(NC(=O)COc4ccc([C@H](C)CC)cc4)cc3)CC2)cc1. The Kier molecular flexibility index (Phi) is 8.83. The second-order valence-electron chi connectivity index (χ2n) is 9.59. The second-order valence-corrected chi connectivity index (χ2v) is 9.59. The average molecular weight is 500 g/mol. The Morgan fingerprint density at radius 1 is 0.865 bits per heavy atom. The van der Waals surface area contributed by atoms with E-state index in [2.05, 4.69) is 43.1 Å². The Morgan fingerprint density at radius 3 is 2.11 bits per heavy atom. The number of anilines is 2. The van der Waals surface area contributed by atoms with Gasteiger partial charge in [-0.3, -0.25) is 9.59 Å². The quantitative estimate of drug-likeness (QED) is 0.408. The third kappa shape index (κ3) is 6.91. The zero-order chi connectivity index (χ0) is 26.2. The molecule has 3 aromatic rings. The van der Waals surface area contributed by atoms with Crippen LogP contribution in [-0.2, 0) is 11.2 Å². The van der Waals surface area contributed by atoms with Crippen LogP contribution in [0.3, 0.4) is 0 Å². The number of benzene rings is 3. The lowest BCUT2D eigenvalue weighted by Gasteiger charge is -2.36. The molecule has 0 saturated carbocycles.